The highest BCUT2D eigenvalue weighted by Gasteiger charge is 2.32. The van der Waals surface area contributed by atoms with E-state index < -0.39 is 0 Å². The summed E-state index contributed by atoms with van der Waals surface area (Å²) in [6.45, 7) is 10.2. The van der Waals surface area contributed by atoms with Gasteiger partial charge in [-0.2, -0.15) is 0 Å². The van der Waals surface area contributed by atoms with Crippen LogP contribution in [0.4, 0.5) is 0 Å². The third-order valence-electron chi connectivity index (χ3n) is 3.24. The average Bonchev–Trinajstić information content (AvgIpc) is 2.88. The number of hydrogen-bond donors (Lipinski definition) is 1. The fourth-order valence-corrected chi connectivity index (χ4v) is 2.16. The van der Waals surface area contributed by atoms with Crippen molar-refractivity contribution in [3.8, 4) is 0 Å². The second-order valence-corrected chi connectivity index (χ2v) is 4.89. The molecule has 1 aliphatic rings. The standard InChI is InChI=1S/C16H19N/c1-10(2)13-5-7-14(8-6-13)16-12(4)15(16)9-11(3)17/h5-9,12H,3,17H2,1-2,4H3/b15-9-. The van der Waals surface area contributed by atoms with E-state index in [1.807, 2.05) is 6.08 Å². The molecule has 1 aliphatic carbocycles. The summed E-state index contributed by atoms with van der Waals surface area (Å²) in [5.41, 5.74) is 10.3. The molecule has 1 saturated carbocycles. The van der Waals surface area contributed by atoms with E-state index in [2.05, 4.69) is 51.6 Å². The second kappa shape index (κ2) is 4.25. The van der Waals surface area contributed by atoms with Gasteiger partial charge in [0.25, 0.3) is 0 Å². The highest BCUT2D eigenvalue weighted by atomic mass is 14.6. The van der Waals surface area contributed by atoms with E-state index in [0.29, 0.717) is 11.6 Å². The zero-order valence-corrected chi connectivity index (χ0v) is 10.7. The Morgan fingerprint density at radius 3 is 2.29 bits per heavy atom. The number of allylic oxidation sites excluding steroid dienone is 2. The molecule has 0 bridgehead atoms. The molecule has 1 aromatic rings. The molecular formula is C16H19N. The van der Waals surface area contributed by atoms with Crippen LogP contribution in [0.1, 0.15) is 20.8 Å². The van der Waals surface area contributed by atoms with Crippen LogP contribution in [-0.2, 0) is 0 Å². The molecule has 17 heavy (non-hydrogen) atoms. The Labute approximate surface area is 103 Å². The van der Waals surface area contributed by atoms with Crippen molar-refractivity contribution in [2.24, 2.45) is 11.7 Å². The summed E-state index contributed by atoms with van der Waals surface area (Å²) >= 11 is 0. The normalized spacial score (nSPS) is 20.5. The number of hydrogen-bond acceptors (Lipinski definition) is 1. The van der Waals surface area contributed by atoms with Gasteiger partial charge in [0.05, 0.1) is 0 Å². The maximum absolute atomic E-state index is 5.61. The lowest BCUT2D eigenvalue weighted by Crippen LogP contribution is -2.08. The molecule has 2 N–H and O–H groups in total. The van der Waals surface area contributed by atoms with Crippen molar-refractivity contribution in [1.82, 2.24) is 0 Å². The SMILES string of the molecule is C=C(N)/C=C1\C(=c2ccc(=C(C)C)cc2)C1C. The lowest BCUT2D eigenvalue weighted by atomic mass is 10.2. The van der Waals surface area contributed by atoms with E-state index in [0.717, 1.165) is 0 Å². The highest BCUT2D eigenvalue weighted by Crippen LogP contribution is 2.45. The Morgan fingerprint density at radius 2 is 1.82 bits per heavy atom. The van der Waals surface area contributed by atoms with Crippen LogP contribution in [-0.4, -0.2) is 0 Å². The monoisotopic (exact) mass is 225 g/mol. The lowest BCUT2D eigenvalue weighted by Gasteiger charge is -1.90. The van der Waals surface area contributed by atoms with E-state index in [9.17, 15) is 0 Å². The molecular weight excluding hydrogens is 206 g/mol. The van der Waals surface area contributed by atoms with Crippen LogP contribution in [0.25, 0.3) is 11.1 Å². The molecule has 88 valence electrons. The molecule has 0 amide bonds. The summed E-state index contributed by atoms with van der Waals surface area (Å²) in [7, 11) is 0. The molecule has 1 heteroatoms. The van der Waals surface area contributed by atoms with Gasteiger partial charge in [0.15, 0.2) is 0 Å². The van der Waals surface area contributed by atoms with E-state index in [4.69, 9.17) is 5.73 Å². The van der Waals surface area contributed by atoms with Gasteiger partial charge in [-0.05, 0) is 41.5 Å². The molecule has 2 rings (SSSR count). The van der Waals surface area contributed by atoms with Gasteiger partial charge in [-0.3, -0.25) is 0 Å². The maximum atomic E-state index is 5.61. The van der Waals surface area contributed by atoms with Gasteiger partial charge in [-0.25, -0.2) is 0 Å². The van der Waals surface area contributed by atoms with Crippen LogP contribution < -0.4 is 16.2 Å². The van der Waals surface area contributed by atoms with Crippen molar-refractivity contribution in [2.45, 2.75) is 20.8 Å². The van der Waals surface area contributed by atoms with Crippen molar-refractivity contribution < 1.29 is 0 Å². The molecule has 1 atom stereocenters. The van der Waals surface area contributed by atoms with Gasteiger partial charge in [-0.1, -0.05) is 43.3 Å². The van der Waals surface area contributed by atoms with Crippen LogP contribution in [0.2, 0.25) is 0 Å². The predicted molar refractivity (Wildman–Crippen MR) is 74.4 cm³/mol. The van der Waals surface area contributed by atoms with Crippen molar-refractivity contribution in [1.29, 1.82) is 0 Å². The average molecular weight is 225 g/mol. The summed E-state index contributed by atoms with van der Waals surface area (Å²) < 4.78 is 0. The topological polar surface area (TPSA) is 26.0 Å². The zero-order chi connectivity index (χ0) is 12.6. The van der Waals surface area contributed by atoms with Gasteiger partial charge in [0, 0.05) is 11.6 Å². The van der Waals surface area contributed by atoms with Crippen LogP contribution >= 0.6 is 0 Å². The minimum Gasteiger partial charge on any atom is -0.399 e. The zero-order valence-electron chi connectivity index (χ0n) is 10.7. The van der Waals surface area contributed by atoms with Crippen molar-refractivity contribution in [2.75, 3.05) is 0 Å². The molecule has 0 aliphatic heterocycles. The molecule has 0 saturated heterocycles. The lowest BCUT2D eigenvalue weighted by molar-refractivity contribution is 1.12. The molecule has 1 fully saturated rings. The number of benzene rings is 1. The van der Waals surface area contributed by atoms with Crippen LogP contribution in [0, 0.1) is 5.92 Å². The van der Waals surface area contributed by atoms with Gasteiger partial charge in [-0.15, -0.1) is 0 Å². The van der Waals surface area contributed by atoms with Gasteiger partial charge >= 0.3 is 0 Å². The summed E-state index contributed by atoms with van der Waals surface area (Å²) in [6.07, 6.45) is 1.98. The molecule has 1 aromatic carbocycles. The van der Waals surface area contributed by atoms with Crippen molar-refractivity contribution >= 4 is 11.1 Å². The first-order valence-corrected chi connectivity index (χ1v) is 5.95. The largest absolute Gasteiger partial charge is 0.399 e. The fraction of sp³-hybridized carbons (Fsp3) is 0.250. The third-order valence-corrected chi connectivity index (χ3v) is 3.24. The summed E-state index contributed by atoms with van der Waals surface area (Å²) in [6, 6.07) is 8.73. The highest BCUT2D eigenvalue weighted by molar-refractivity contribution is 5.86. The summed E-state index contributed by atoms with van der Waals surface area (Å²) in [5, 5.41) is 2.60. The molecule has 0 radical (unpaired) electrons. The van der Waals surface area contributed by atoms with Gasteiger partial charge < -0.3 is 5.73 Å². The number of nitrogens with two attached hydrogens (primary N) is 1. The second-order valence-electron chi connectivity index (χ2n) is 4.89. The van der Waals surface area contributed by atoms with Crippen molar-refractivity contribution in [3.05, 3.63) is 58.6 Å². The molecule has 0 heterocycles. The smallest absolute Gasteiger partial charge is 0.0244 e. The Bertz CT molecular complexity index is 590. The van der Waals surface area contributed by atoms with Crippen LogP contribution in [0.3, 0.4) is 0 Å². The van der Waals surface area contributed by atoms with E-state index in [-0.39, 0.29) is 0 Å². The molecule has 1 unspecified atom stereocenters. The van der Waals surface area contributed by atoms with Crippen LogP contribution in [0.5, 0.6) is 0 Å². The Morgan fingerprint density at radius 1 is 1.24 bits per heavy atom. The Hall–Kier alpha value is -1.76. The summed E-state index contributed by atoms with van der Waals surface area (Å²) in [5.74, 6) is 0.521. The van der Waals surface area contributed by atoms with Gasteiger partial charge in [0.2, 0.25) is 0 Å². The third kappa shape index (κ3) is 2.33. The van der Waals surface area contributed by atoms with E-state index >= 15 is 0 Å². The first-order chi connectivity index (χ1) is 8.00. The maximum Gasteiger partial charge on any atom is 0.0244 e. The summed E-state index contributed by atoms with van der Waals surface area (Å²) in [4.78, 5) is 0. The minimum absolute atomic E-state index is 0.521. The quantitative estimate of drug-likeness (QED) is 0.778. The Kier molecular flexibility index (Phi) is 2.93. The minimum atomic E-state index is 0.521. The fourth-order valence-electron chi connectivity index (χ4n) is 2.16. The van der Waals surface area contributed by atoms with E-state index in [1.165, 1.54) is 27.2 Å². The number of rotatable bonds is 1. The molecule has 0 aromatic heterocycles. The van der Waals surface area contributed by atoms with Gasteiger partial charge in [0.1, 0.15) is 0 Å². The first kappa shape index (κ1) is 11.7. The Balaban J connectivity index is 2.50. The first-order valence-electron chi connectivity index (χ1n) is 5.95. The molecule has 1 nitrogen and oxygen atoms in total. The molecule has 0 spiro atoms. The predicted octanol–water partition coefficient (Wildman–Crippen LogP) is 2.08. The van der Waals surface area contributed by atoms with Crippen LogP contribution in [0.15, 0.2) is 48.2 Å². The van der Waals surface area contributed by atoms with E-state index in [1.54, 1.807) is 0 Å². The van der Waals surface area contributed by atoms with Crippen molar-refractivity contribution in [3.63, 3.8) is 0 Å².